The number of thioether (sulfide) groups is 1. The average Bonchev–Trinajstić information content (AvgIpc) is 2.53. The number of aromatic nitrogens is 2. The van der Waals surface area contributed by atoms with Crippen LogP contribution in [0.15, 0.2) is 46.3 Å². The van der Waals surface area contributed by atoms with Crippen molar-refractivity contribution < 1.29 is 4.79 Å². The first-order valence-corrected chi connectivity index (χ1v) is 8.55. The van der Waals surface area contributed by atoms with Crippen LogP contribution < -0.4 is 10.9 Å². The molecule has 5 nitrogen and oxygen atoms in total. The molecule has 122 valence electrons. The highest BCUT2D eigenvalue weighted by Crippen LogP contribution is 2.18. The molecule has 1 aromatic heterocycles. The Bertz CT molecular complexity index is 700. The van der Waals surface area contributed by atoms with Gasteiger partial charge in [-0.3, -0.25) is 9.59 Å². The van der Waals surface area contributed by atoms with E-state index in [4.69, 9.17) is 0 Å². The molecule has 1 heterocycles. The van der Waals surface area contributed by atoms with Gasteiger partial charge in [-0.2, -0.15) is 0 Å². The van der Waals surface area contributed by atoms with Crippen molar-refractivity contribution in [2.45, 2.75) is 43.6 Å². The number of rotatable bonds is 7. The van der Waals surface area contributed by atoms with Crippen molar-refractivity contribution in [2.75, 3.05) is 0 Å². The van der Waals surface area contributed by atoms with Crippen LogP contribution in [0.4, 0.5) is 0 Å². The van der Waals surface area contributed by atoms with Gasteiger partial charge in [0.05, 0.1) is 5.25 Å². The molecule has 0 saturated carbocycles. The zero-order chi connectivity index (χ0) is 16.7. The molecule has 2 rings (SSSR count). The predicted octanol–water partition coefficient (Wildman–Crippen LogP) is 2.52. The molecule has 0 spiro atoms. The topological polar surface area (TPSA) is 74.8 Å². The lowest BCUT2D eigenvalue weighted by Crippen LogP contribution is -2.30. The Labute approximate surface area is 139 Å². The van der Waals surface area contributed by atoms with Crippen LogP contribution in [0.25, 0.3) is 0 Å². The highest BCUT2D eigenvalue weighted by atomic mass is 32.2. The highest BCUT2D eigenvalue weighted by Gasteiger charge is 2.16. The Balaban J connectivity index is 1.94. The van der Waals surface area contributed by atoms with E-state index in [9.17, 15) is 9.59 Å². The lowest BCUT2D eigenvalue weighted by Gasteiger charge is -2.12. The van der Waals surface area contributed by atoms with E-state index in [1.165, 1.54) is 17.8 Å². The summed E-state index contributed by atoms with van der Waals surface area (Å²) in [5, 5.41) is 3.05. The third-order valence-electron chi connectivity index (χ3n) is 3.25. The molecule has 6 heteroatoms. The van der Waals surface area contributed by atoms with Crippen LogP contribution in [-0.2, 0) is 17.8 Å². The van der Waals surface area contributed by atoms with Crippen LogP contribution in [0.2, 0.25) is 0 Å². The molecule has 1 amide bonds. The Morgan fingerprint density at radius 3 is 2.78 bits per heavy atom. The van der Waals surface area contributed by atoms with Gasteiger partial charge in [0.2, 0.25) is 5.91 Å². The van der Waals surface area contributed by atoms with Crippen LogP contribution in [0.1, 0.15) is 31.5 Å². The van der Waals surface area contributed by atoms with Crippen molar-refractivity contribution in [1.82, 2.24) is 15.3 Å². The first-order valence-electron chi connectivity index (χ1n) is 7.67. The molecule has 1 aromatic carbocycles. The maximum Gasteiger partial charge on any atom is 0.251 e. The van der Waals surface area contributed by atoms with Gasteiger partial charge in [-0.15, -0.1) is 0 Å². The molecular weight excluding hydrogens is 310 g/mol. The lowest BCUT2D eigenvalue weighted by atomic mass is 10.2. The monoisotopic (exact) mass is 331 g/mol. The summed E-state index contributed by atoms with van der Waals surface area (Å²) in [5.41, 5.74) is 1.63. The first-order chi connectivity index (χ1) is 11.1. The summed E-state index contributed by atoms with van der Waals surface area (Å²) in [6.45, 7) is 4.33. The number of nitrogens with one attached hydrogen (secondary N) is 2. The molecule has 0 fully saturated rings. The maximum atomic E-state index is 12.2. The normalized spacial score (nSPS) is 11.9. The summed E-state index contributed by atoms with van der Waals surface area (Å²) in [5.74, 6) is -0.0811. The first kappa shape index (κ1) is 17.3. The average molecular weight is 331 g/mol. The fourth-order valence-corrected chi connectivity index (χ4v) is 2.93. The molecule has 0 aliphatic rings. The number of nitrogens with zero attached hydrogens (tertiary/aromatic N) is 1. The van der Waals surface area contributed by atoms with Crippen LogP contribution in [0, 0.1) is 0 Å². The zero-order valence-corrected chi connectivity index (χ0v) is 14.2. The lowest BCUT2D eigenvalue weighted by molar-refractivity contribution is -0.120. The van der Waals surface area contributed by atoms with E-state index in [-0.39, 0.29) is 16.7 Å². The van der Waals surface area contributed by atoms with Gasteiger partial charge in [-0.25, -0.2) is 4.98 Å². The number of benzene rings is 1. The van der Waals surface area contributed by atoms with Gasteiger partial charge in [-0.1, -0.05) is 55.4 Å². The fourth-order valence-electron chi connectivity index (χ4n) is 2.07. The number of H-pyrrole nitrogens is 1. The van der Waals surface area contributed by atoms with Crippen LogP contribution in [-0.4, -0.2) is 21.1 Å². The van der Waals surface area contributed by atoms with Gasteiger partial charge in [0.15, 0.2) is 5.16 Å². The third kappa shape index (κ3) is 5.56. The molecule has 0 saturated heterocycles. The van der Waals surface area contributed by atoms with Gasteiger partial charge >= 0.3 is 0 Å². The zero-order valence-electron chi connectivity index (χ0n) is 13.3. The van der Waals surface area contributed by atoms with Gasteiger partial charge < -0.3 is 10.3 Å². The van der Waals surface area contributed by atoms with E-state index in [0.717, 1.165) is 24.1 Å². The summed E-state index contributed by atoms with van der Waals surface area (Å²) in [4.78, 5) is 30.9. The predicted molar refractivity (Wildman–Crippen MR) is 92.5 cm³/mol. The number of amides is 1. The van der Waals surface area contributed by atoms with Crippen LogP contribution in [0.5, 0.6) is 0 Å². The van der Waals surface area contributed by atoms with Crippen LogP contribution in [0.3, 0.4) is 0 Å². The third-order valence-corrected chi connectivity index (χ3v) is 4.23. The maximum absolute atomic E-state index is 12.2. The number of hydrogen-bond donors (Lipinski definition) is 2. The Morgan fingerprint density at radius 1 is 1.35 bits per heavy atom. The summed E-state index contributed by atoms with van der Waals surface area (Å²) < 4.78 is 0. The Hall–Kier alpha value is -2.08. The summed E-state index contributed by atoms with van der Waals surface area (Å²) in [6.07, 6.45) is 1.68. The molecule has 0 unspecified atom stereocenters. The number of aromatic amines is 1. The molecule has 2 N–H and O–H groups in total. The molecule has 0 aliphatic carbocycles. The number of carbonyl (C=O) groups excluding carboxylic acids is 1. The molecule has 0 radical (unpaired) electrons. The molecular formula is C17H21N3O2S. The number of hydrogen-bond acceptors (Lipinski definition) is 4. The van der Waals surface area contributed by atoms with Gasteiger partial charge in [0.1, 0.15) is 0 Å². The van der Waals surface area contributed by atoms with E-state index in [1.54, 1.807) is 6.92 Å². The second-order valence-electron chi connectivity index (χ2n) is 5.26. The summed E-state index contributed by atoms with van der Waals surface area (Å²) >= 11 is 1.26. The van der Waals surface area contributed by atoms with Gasteiger partial charge in [-0.05, 0) is 18.9 Å². The minimum absolute atomic E-state index is 0.0811. The SMILES string of the molecule is CCCc1cc(=O)[nH]c(S[C@@H](C)C(=O)NCc2ccccc2)n1. The summed E-state index contributed by atoms with van der Waals surface area (Å²) in [7, 11) is 0. The van der Waals surface area contributed by atoms with Crippen molar-refractivity contribution in [2.24, 2.45) is 0 Å². The van der Waals surface area contributed by atoms with Crippen molar-refractivity contribution in [3.05, 3.63) is 58.0 Å². The van der Waals surface area contributed by atoms with Gasteiger partial charge in [0, 0.05) is 18.3 Å². The van der Waals surface area contributed by atoms with E-state index in [0.29, 0.717) is 11.7 Å². The molecule has 23 heavy (non-hydrogen) atoms. The molecule has 1 atom stereocenters. The molecule has 2 aromatic rings. The minimum Gasteiger partial charge on any atom is -0.351 e. The van der Waals surface area contributed by atoms with E-state index in [2.05, 4.69) is 15.3 Å². The van der Waals surface area contributed by atoms with E-state index in [1.807, 2.05) is 37.3 Å². The molecule has 0 aliphatic heterocycles. The highest BCUT2D eigenvalue weighted by molar-refractivity contribution is 8.00. The van der Waals surface area contributed by atoms with Crippen LogP contribution >= 0.6 is 11.8 Å². The standard InChI is InChI=1S/C17H21N3O2S/c1-3-7-14-10-15(21)20-17(19-14)23-12(2)16(22)18-11-13-8-5-4-6-9-13/h4-6,8-10,12H,3,7,11H2,1-2H3,(H,18,22)(H,19,20,21)/t12-/m0/s1. The fraction of sp³-hybridized carbons (Fsp3) is 0.353. The van der Waals surface area contributed by atoms with E-state index >= 15 is 0 Å². The second-order valence-corrected chi connectivity index (χ2v) is 6.58. The Kier molecular flexibility index (Phi) is 6.40. The van der Waals surface area contributed by atoms with Crippen molar-refractivity contribution >= 4 is 17.7 Å². The van der Waals surface area contributed by atoms with Gasteiger partial charge in [0.25, 0.3) is 5.56 Å². The summed E-state index contributed by atoms with van der Waals surface area (Å²) in [6, 6.07) is 11.3. The minimum atomic E-state index is -0.335. The molecule has 0 bridgehead atoms. The largest absolute Gasteiger partial charge is 0.351 e. The second kappa shape index (κ2) is 8.53. The smallest absolute Gasteiger partial charge is 0.251 e. The van der Waals surface area contributed by atoms with Crippen molar-refractivity contribution in [1.29, 1.82) is 0 Å². The quantitative estimate of drug-likeness (QED) is 0.604. The van der Waals surface area contributed by atoms with Crippen molar-refractivity contribution in [3.8, 4) is 0 Å². The number of aryl methyl sites for hydroxylation is 1. The Morgan fingerprint density at radius 2 is 2.09 bits per heavy atom. The number of carbonyl (C=O) groups is 1. The van der Waals surface area contributed by atoms with Crippen molar-refractivity contribution in [3.63, 3.8) is 0 Å². The van der Waals surface area contributed by atoms with E-state index < -0.39 is 0 Å².